The van der Waals surface area contributed by atoms with E-state index in [4.69, 9.17) is 0 Å². The van der Waals surface area contributed by atoms with Crippen LogP contribution in [0.5, 0.6) is 0 Å². The topological polar surface area (TPSA) is 65.2 Å². The van der Waals surface area contributed by atoms with Crippen molar-refractivity contribution in [2.24, 2.45) is 0 Å². The first kappa shape index (κ1) is 15.2. The molecule has 24 heavy (non-hydrogen) atoms. The summed E-state index contributed by atoms with van der Waals surface area (Å²) in [6.07, 6.45) is 0. The van der Waals surface area contributed by atoms with Gasteiger partial charge in [0.2, 0.25) is 9.84 Å². The van der Waals surface area contributed by atoms with Crippen molar-refractivity contribution in [3.8, 4) is 0 Å². The highest BCUT2D eigenvalue weighted by Crippen LogP contribution is 2.31. The Labute approximate surface area is 141 Å². The zero-order valence-electron chi connectivity index (χ0n) is 13.2. The molecule has 1 aromatic heterocycles. The summed E-state index contributed by atoms with van der Waals surface area (Å²) in [5, 5.41) is 4.53. The van der Waals surface area contributed by atoms with E-state index in [1.165, 1.54) is 0 Å². The van der Waals surface area contributed by atoms with E-state index < -0.39 is 9.84 Å². The Kier molecular flexibility index (Phi) is 3.78. The second-order valence-corrected chi connectivity index (χ2v) is 7.84. The maximum Gasteiger partial charge on any atom is 0.221 e. The molecule has 0 spiro atoms. The number of aromatic nitrogens is 1. The molecular weight excluding hydrogens is 322 g/mol. The molecule has 0 unspecified atom stereocenters. The minimum absolute atomic E-state index is 0.242. The molecule has 4 rings (SSSR count). The summed E-state index contributed by atoms with van der Waals surface area (Å²) in [6.45, 7) is 3.72. The summed E-state index contributed by atoms with van der Waals surface area (Å²) in [4.78, 5) is 5.69. The van der Waals surface area contributed by atoms with Crippen LogP contribution in [0.4, 0.5) is 5.69 Å². The number of sulfone groups is 1. The van der Waals surface area contributed by atoms with E-state index in [0.29, 0.717) is 4.90 Å². The number of nitrogens with one attached hydrogen (secondary N) is 2. The second-order valence-electron chi connectivity index (χ2n) is 5.93. The number of rotatable bonds is 3. The monoisotopic (exact) mass is 341 g/mol. The normalized spacial score (nSPS) is 15.8. The fourth-order valence-electron chi connectivity index (χ4n) is 3.17. The average molecular weight is 341 g/mol. The van der Waals surface area contributed by atoms with E-state index in [9.17, 15) is 8.42 Å². The zero-order valence-corrected chi connectivity index (χ0v) is 14.0. The standard InChI is InChI=1S/C18H19N3O2S/c22-24(23,14-5-2-1-3-6-14)18-13-15-16(20-18)7-4-8-17(15)21-11-9-19-10-12-21/h1-8,13,19-20H,9-12H2. The van der Waals surface area contributed by atoms with E-state index in [1.54, 1.807) is 30.3 Å². The quantitative estimate of drug-likeness (QED) is 0.768. The first-order valence-corrected chi connectivity index (χ1v) is 9.52. The van der Waals surface area contributed by atoms with Crippen LogP contribution in [0.2, 0.25) is 0 Å². The maximum atomic E-state index is 12.8. The van der Waals surface area contributed by atoms with Crippen LogP contribution in [-0.2, 0) is 9.84 Å². The second kappa shape index (κ2) is 5.96. The summed E-state index contributed by atoms with van der Waals surface area (Å²) in [6, 6.07) is 16.2. The van der Waals surface area contributed by atoms with Crippen molar-refractivity contribution in [3.63, 3.8) is 0 Å². The molecule has 0 atom stereocenters. The van der Waals surface area contributed by atoms with Gasteiger partial charge in [0.15, 0.2) is 0 Å². The molecule has 124 valence electrons. The lowest BCUT2D eigenvalue weighted by Crippen LogP contribution is -2.43. The molecule has 1 saturated heterocycles. The molecule has 3 aromatic rings. The average Bonchev–Trinajstić information content (AvgIpc) is 3.08. The van der Waals surface area contributed by atoms with Gasteiger partial charge in [0.1, 0.15) is 5.03 Å². The number of fused-ring (bicyclic) bond motifs is 1. The minimum atomic E-state index is -3.53. The van der Waals surface area contributed by atoms with E-state index in [0.717, 1.165) is 42.8 Å². The summed E-state index contributed by atoms with van der Waals surface area (Å²) >= 11 is 0. The molecule has 0 amide bonds. The van der Waals surface area contributed by atoms with Crippen LogP contribution in [0.1, 0.15) is 0 Å². The molecule has 1 fully saturated rings. The lowest BCUT2D eigenvalue weighted by molar-refractivity contribution is 0.590. The van der Waals surface area contributed by atoms with E-state index >= 15 is 0 Å². The van der Waals surface area contributed by atoms with Crippen molar-refractivity contribution in [1.29, 1.82) is 0 Å². The summed E-state index contributed by atoms with van der Waals surface area (Å²) < 4.78 is 25.7. The van der Waals surface area contributed by atoms with Crippen molar-refractivity contribution >= 4 is 26.4 Å². The molecular formula is C18H19N3O2S. The Morgan fingerprint density at radius 1 is 0.917 bits per heavy atom. The minimum Gasteiger partial charge on any atom is -0.368 e. The number of aromatic amines is 1. The Bertz CT molecular complexity index is 958. The van der Waals surface area contributed by atoms with Crippen molar-refractivity contribution in [2.45, 2.75) is 9.92 Å². The van der Waals surface area contributed by atoms with Crippen LogP contribution in [-0.4, -0.2) is 39.6 Å². The van der Waals surface area contributed by atoms with Gasteiger partial charge in [-0.3, -0.25) is 0 Å². The molecule has 0 bridgehead atoms. The Morgan fingerprint density at radius 3 is 2.42 bits per heavy atom. The number of H-pyrrole nitrogens is 1. The van der Waals surface area contributed by atoms with Crippen molar-refractivity contribution in [1.82, 2.24) is 10.3 Å². The van der Waals surface area contributed by atoms with Crippen molar-refractivity contribution in [2.75, 3.05) is 31.1 Å². The SMILES string of the molecule is O=S(=O)(c1ccccc1)c1cc2c(N3CCNCC3)cccc2[nH]1. The highest BCUT2D eigenvalue weighted by atomic mass is 32.2. The van der Waals surface area contributed by atoms with E-state index in [1.807, 2.05) is 18.2 Å². The fraction of sp³-hybridized carbons (Fsp3) is 0.222. The van der Waals surface area contributed by atoms with E-state index in [2.05, 4.69) is 21.3 Å². The molecule has 2 heterocycles. The van der Waals surface area contributed by atoms with Crippen LogP contribution in [0.25, 0.3) is 10.9 Å². The van der Waals surface area contributed by atoms with Gasteiger partial charge in [-0.25, -0.2) is 8.42 Å². The summed E-state index contributed by atoms with van der Waals surface area (Å²) in [5.74, 6) is 0. The lowest BCUT2D eigenvalue weighted by atomic mass is 10.2. The van der Waals surface area contributed by atoms with Crippen molar-refractivity contribution < 1.29 is 8.42 Å². The van der Waals surface area contributed by atoms with E-state index in [-0.39, 0.29) is 5.03 Å². The van der Waals surface area contributed by atoms with Gasteiger partial charge in [0.25, 0.3) is 0 Å². The summed E-state index contributed by atoms with van der Waals surface area (Å²) in [7, 11) is -3.53. The third-order valence-corrected chi connectivity index (χ3v) is 6.11. The molecule has 1 aliphatic rings. The number of piperazine rings is 1. The van der Waals surface area contributed by atoms with Crippen LogP contribution in [0.15, 0.2) is 64.5 Å². The predicted octanol–water partition coefficient (Wildman–Crippen LogP) is 2.41. The van der Waals surface area contributed by atoms with Crippen LogP contribution < -0.4 is 10.2 Å². The largest absolute Gasteiger partial charge is 0.368 e. The number of anilines is 1. The number of hydrogen-bond acceptors (Lipinski definition) is 4. The van der Waals surface area contributed by atoms with Gasteiger partial charge in [-0.1, -0.05) is 24.3 Å². The third-order valence-electron chi connectivity index (χ3n) is 4.42. The zero-order chi connectivity index (χ0) is 16.6. The van der Waals surface area contributed by atoms with Gasteiger partial charge in [0.05, 0.1) is 4.90 Å². The molecule has 1 aliphatic heterocycles. The van der Waals surface area contributed by atoms with Crippen molar-refractivity contribution in [3.05, 3.63) is 54.6 Å². The molecule has 6 heteroatoms. The maximum absolute atomic E-state index is 12.8. The van der Waals surface area contributed by atoms with Gasteiger partial charge in [-0.15, -0.1) is 0 Å². The van der Waals surface area contributed by atoms with Gasteiger partial charge in [-0.2, -0.15) is 0 Å². The molecule has 2 aromatic carbocycles. The first-order valence-electron chi connectivity index (χ1n) is 8.04. The van der Waals surface area contributed by atoms with Gasteiger partial charge in [0, 0.05) is 42.8 Å². The first-order chi connectivity index (χ1) is 11.7. The number of benzene rings is 2. The Balaban J connectivity index is 1.81. The van der Waals surface area contributed by atoms with Gasteiger partial charge < -0.3 is 15.2 Å². The van der Waals surface area contributed by atoms with Crippen LogP contribution in [0.3, 0.4) is 0 Å². The fourth-order valence-corrected chi connectivity index (χ4v) is 4.45. The lowest BCUT2D eigenvalue weighted by Gasteiger charge is -2.30. The number of hydrogen-bond donors (Lipinski definition) is 2. The summed E-state index contributed by atoms with van der Waals surface area (Å²) in [5.41, 5.74) is 1.93. The smallest absolute Gasteiger partial charge is 0.221 e. The molecule has 0 saturated carbocycles. The Morgan fingerprint density at radius 2 is 1.67 bits per heavy atom. The molecule has 2 N–H and O–H groups in total. The third kappa shape index (κ3) is 2.57. The molecule has 0 aliphatic carbocycles. The highest BCUT2D eigenvalue weighted by Gasteiger charge is 2.22. The van der Waals surface area contributed by atoms with Crippen LogP contribution >= 0.6 is 0 Å². The Hall–Kier alpha value is -2.31. The van der Waals surface area contributed by atoms with Gasteiger partial charge >= 0.3 is 0 Å². The molecule has 5 nitrogen and oxygen atoms in total. The van der Waals surface area contributed by atoms with Gasteiger partial charge in [-0.05, 0) is 30.3 Å². The number of nitrogens with zero attached hydrogens (tertiary/aromatic N) is 1. The highest BCUT2D eigenvalue weighted by molar-refractivity contribution is 7.91. The molecule has 0 radical (unpaired) electrons. The predicted molar refractivity (Wildman–Crippen MR) is 95.3 cm³/mol. The van der Waals surface area contributed by atoms with Crippen LogP contribution in [0, 0.1) is 0 Å².